The maximum Gasteiger partial charge on any atom is 0.229 e. The Morgan fingerprint density at radius 2 is 1.86 bits per heavy atom. The van der Waals surface area contributed by atoms with Crippen LogP contribution in [0, 0.1) is 11.3 Å². The van der Waals surface area contributed by atoms with Gasteiger partial charge in [-0.3, -0.25) is 4.79 Å². The van der Waals surface area contributed by atoms with E-state index in [2.05, 4.69) is 17.1 Å². The number of amides is 1. The highest BCUT2D eigenvalue weighted by molar-refractivity contribution is 5.83. The van der Waals surface area contributed by atoms with Gasteiger partial charge in [-0.15, -0.1) is 0 Å². The predicted molar refractivity (Wildman–Crippen MR) is 86.1 cm³/mol. The zero-order valence-electron chi connectivity index (χ0n) is 13.7. The molecule has 120 valence electrons. The first kappa shape index (κ1) is 15.3. The van der Waals surface area contributed by atoms with Gasteiger partial charge in [0.15, 0.2) is 0 Å². The molecule has 2 heterocycles. The molecule has 3 nitrogen and oxygen atoms in total. The lowest BCUT2D eigenvalue weighted by Crippen LogP contribution is -2.56. The van der Waals surface area contributed by atoms with Crippen LogP contribution in [0.5, 0.6) is 0 Å². The number of hydrogen-bond acceptors (Lipinski definition) is 2. The van der Waals surface area contributed by atoms with Crippen molar-refractivity contribution in [1.82, 2.24) is 10.2 Å². The van der Waals surface area contributed by atoms with E-state index in [0.29, 0.717) is 11.9 Å². The Morgan fingerprint density at radius 1 is 1.14 bits per heavy atom. The fourth-order valence-corrected chi connectivity index (χ4v) is 5.14. The zero-order valence-corrected chi connectivity index (χ0v) is 13.7. The third-order valence-corrected chi connectivity index (χ3v) is 6.25. The molecule has 2 saturated heterocycles. The molecule has 1 aliphatic carbocycles. The molecule has 3 heteroatoms. The molecule has 3 fully saturated rings. The molecule has 2 atom stereocenters. The van der Waals surface area contributed by atoms with E-state index < -0.39 is 0 Å². The molecule has 2 aliphatic heterocycles. The predicted octanol–water partition coefficient (Wildman–Crippen LogP) is 3.34. The van der Waals surface area contributed by atoms with Crippen LogP contribution in [-0.4, -0.2) is 36.5 Å². The molecule has 0 aromatic carbocycles. The summed E-state index contributed by atoms with van der Waals surface area (Å²) in [6.45, 7) is 5.30. The first-order valence-electron chi connectivity index (χ1n) is 9.29. The summed E-state index contributed by atoms with van der Waals surface area (Å²) in [5.74, 6) is 1.32. The molecule has 0 aromatic rings. The SMILES string of the molecule is CCCC1(C(=O)N2CCCC3CCCCC32)CCNCC1. The highest BCUT2D eigenvalue weighted by Crippen LogP contribution is 2.41. The van der Waals surface area contributed by atoms with Crippen molar-refractivity contribution in [1.29, 1.82) is 0 Å². The van der Waals surface area contributed by atoms with E-state index in [0.717, 1.165) is 51.2 Å². The topological polar surface area (TPSA) is 32.3 Å². The van der Waals surface area contributed by atoms with Crippen molar-refractivity contribution in [3.8, 4) is 0 Å². The number of nitrogens with one attached hydrogen (secondary N) is 1. The van der Waals surface area contributed by atoms with Gasteiger partial charge in [-0.2, -0.15) is 0 Å². The lowest BCUT2D eigenvalue weighted by atomic mass is 9.71. The number of piperidine rings is 2. The molecule has 1 saturated carbocycles. The van der Waals surface area contributed by atoms with Crippen molar-refractivity contribution >= 4 is 5.91 Å². The van der Waals surface area contributed by atoms with Gasteiger partial charge in [0, 0.05) is 12.6 Å². The minimum atomic E-state index is -0.0423. The van der Waals surface area contributed by atoms with Crippen LogP contribution in [0.25, 0.3) is 0 Å². The Kier molecular flexibility index (Phi) is 4.88. The standard InChI is InChI=1S/C18H32N2O/c1-2-9-18(10-12-19-13-11-18)17(21)20-14-5-7-15-6-3-4-8-16(15)20/h15-16,19H,2-14H2,1H3. The number of carbonyl (C=O) groups is 1. The Labute approximate surface area is 129 Å². The van der Waals surface area contributed by atoms with Crippen molar-refractivity contribution in [2.45, 2.75) is 77.2 Å². The molecule has 1 N–H and O–H groups in total. The fourth-order valence-electron chi connectivity index (χ4n) is 5.14. The van der Waals surface area contributed by atoms with Gasteiger partial charge >= 0.3 is 0 Å². The summed E-state index contributed by atoms with van der Waals surface area (Å²) < 4.78 is 0. The molecule has 1 amide bonds. The monoisotopic (exact) mass is 292 g/mol. The van der Waals surface area contributed by atoms with E-state index in [-0.39, 0.29) is 5.41 Å². The van der Waals surface area contributed by atoms with Gasteiger partial charge in [-0.25, -0.2) is 0 Å². The molecule has 2 unspecified atom stereocenters. The summed E-state index contributed by atoms with van der Waals surface area (Å²) in [6, 6.07) is 0.573. The van der Waals surface area contributed by atoms with Crippen molar-refractivity contribution in [2.75, 3.05) is 19.6 Å². The molecule has 3 aliphatic rings. The molecular formula is C18H32N2O. The average Bonchev–Trinajstić information content (AvgIpc) is 2.55. The van der Waals surface area contributed by atoms with Crippen molar-refractivity contribution in [2.24, 2.45) is 11.3 Å². The molecule has 0 spiro atoms. The number of fused-ring (bicyclic) bond motifs is 1. The van der Waals surface area contributed by atoms with Crippen LogP contribution >= 0.6 is 0 Å². The van der Waals surface area contributed by atoms with E-state index in [4.69, 9.17) is 0 Å². The van der Waals surface area contributed by atoms with Crippen LogP contribution in [0.1, 0.15) is 71.1 Å². The van der Waals surface area contributed by atoms with Crippen LogP contribution in [0.3, 0.4) is 0 Å². The quantitative estimate of drug-likeness (QED) is 0.865. The highest BCUT2D eigenvalue weighted by Gasteiger charge is 2.45. The van der Waals surface area contributed by atoms with Gasteiger partial charge < -0.3 is 10.2 Å². The maximum absolute atomic E-state index is 13.4. The van der Waals surface area contributed by atoms with E-state index >= 15 is 0 Å². The summed E-state index contributed by atoms with van der Waals surface area (Å²) >= 11 is 0. The smallest absolute Gasteiger partial charge is 0.229 e. The maximum atomic E-state index is 13.4. The number of hydrogen-bond donors (Lipinski definition) is 1. The highest BCUT2D eigenvalue weighted by atomic mass is 16.2. The normalized spacial score (nSPS) is 32.5. The van der Waals surface area contributed by atoms with Crippen LogP contribution in [0.4, 0.5) is 0 Å². The molecule has 0 aromatic heterocycles. The Hall–Kier alpha value is -0.570. The van der Waals surface area contributed by atoms with Gasteiger partial charge in [-0.1, -0.05) is 26.2 Å². The van der Waals surface area contributed by atoms with Crippen molar-refractivity contribution in [3.63, 3.8) is 0 Å². The number of rotatable bonds is 3. The second-order valence-corrected chi connectivity index (χ2v) is 7.53. The minimum absolute atomic E-state index is 0.0423. The Morgan fingerprint density at radius 3 is 2.62 bits per heavy atom. The van der Waals surface area contributed by atoms with E-state index in [1.165, 1.54) is 38.5 Å². The summed E-state index contributed by atoms with van der Waals surface area (Å²) in [6.07, 6.45) is 12.2. The van der Waals surface area contributed by atoms with Gasteiger partial charge in [0.1, 0.15) is 0 Å². The molecule has 0 bridgehead atoms. The zero-order chi connectivity index (χ0) is 14.7. The summed E-state index contributed by atoms with van der Waals surface area (Å²) in [4.78, 5) is 15.8. The van der Waals surface area contributed by atoms with E-state index in [1.54, 1.807) is 0 Å². The summed E-state index contributed by atoms with van der Waals surface area (Å²) in [5, 5.41) is 3.44. The van der Waals surface area contributed by atoms with Crippen LogP contribution in [-0.2, 0) is 4.79 Å². The lowest BCUT2D eigenvalue weighted by molar-refractivity contribution is -0.151. The lowest BCUT2D eigenvalue weighted by Gasteiger charge is -2.49. The van der Waals surface area contributed by atoms with Gasteiger partial charge in [-0.05, 0) is 64.0 Å². The third-order valence-electron chi connectivity index (χ3n) is 6.25. The first-order valence-corrected chi connectivity index (χ1v) is 9.29. The third kappa shape index (κ3) is 2.99. The Bertz CT molecular complexity index is 355. The van der Waals surface area contributed by atoms with Gasteiger partial charge in [0.05, 0.1) is 5.41 Å². The number of nitrogens with zero attached hydrogens (tertiary/aromatic N) is 1. The number of carbonyl (C=O) groups excluding carboxylic acids is 1. The average molecular weight is 292 g/mol. The van der Waals surface area contributed by atoms with Crippen LogP contribution in [0.15, 0.2) is 0 Å². The van der Waals surface area contributed by atoms with Crippen LogP contribution < -0.4 is 5.32 Å². The molecule has 3 rings (SSSR count). The van der Waals surface area contributed by atoms with E-state index in [9.17, 15) is 4.79 Å². The largest absolute Gasteiger partial charge is 0.339 e. The minimum Gasteiger partial charge on any atom is -0.339 e. The van der Waals surface area contributed by atoms with E-state index in [1.807, 2.05) is 0 Å². The van der Waals surface area contributed by atoms with Gasteiger partial charge in [0.25, 0.3) is 0 Å². The molecule has 21 heavy (non-hydrogen) atoms. The summed E-state index contributed by atoms with van der Waals surface area (Å²) in [5.41, 5.74) is -0.0423. The fraction of sp³-hybridized carbons (Fsp3) is 0.944. The second kappa shape index (κ2) is 6.68. The second-order valence-electron chi connectivity index (χ2n) is 7.53. The molecular weight excluding hydrogens is 260 g/mol. The Balaban J connectivity index is 1.77. The van der Waals surface area contributed by atoms with Crippen molar-refractivity contribution < 1.29 is 4.79 Å². The van der Waals surface area contributed by atoms with Gasteiger partial charge in [0.2, 0.25) is 5.91 Å². The summed E-state index contributed by atoms with van der Waals surface area (Å²) in [7, 11) is 0. The number of likely N-dealkylation sites (tertiary alicyclic amines) is 1. The van der Waals surface area contributed by atoms with Crippen molar-refractivity contribution in [3.05, 3.63) is 0 Å². The van der Waals surface area contributed by atoms with Crippen LogP contribution in [0.2, 0.25) is 0 Å². The first-order chi connectivity index (χ1) is 10.3. The molecule has 0 radical (unpaired) electrons.